The molecule has 24 heavy (non-hydrogen) atoms. The predicted octanol–water partition coefficient (Wildman–Crippen LogP) is 3.99. The van der Waals surface area contributed by atoms with Crippen molar-refractivity contribution < 1.29 is 0 Å². The van der Waals surface area contributed by atoms with Crippen LogP contribution in [-0.2, 0) is 6.54 Å². The number of aromatic nitrogens is 4. The van der Waals surface area contributed by atoms with Crippen molar-refractivity contribution >= 4 is 33.2 Å². The molecule has 3 rings (SSSR count). The van der Waals surface area contributed by atoms with Crippen LogP contribution in [-0.4, -0.2) is 19.2 Å². The SMILES string of the molecule is Cc1nn2c(=O)n(Cc3ccccc3)c(C(Br)C(C)C)nc2c1Cl. The lowest BCUT2D eigenvalue weighted by atomic mass is 10.1. The van der Waals surface area contributed by atoms with E-state index >= 15 is 0 Å². The van der Waals surface area contributed by atoms with Crippen molar-refractivity contribution in [2.45, 2.75) is 32.1 Å². The van der Waals surface area contributed by atoms with Crippen LogP contribution < -0.4 is 5.69 Å². The molecule has 0 saturated carbocycles. The predicted molar refractivity (Wildman–Crippen MR) is 99.0 cm³/mol. The Balaban J connectivity index is 2.26. The summed E-state index contributed by atoms with van der Waals surface area (Å²) in [7, 11) is 0. The number of benzene rings is 1. The Morgan fingerprint density at radius 2 is 1.92 bits per heavy atom. The van der Waals surface area contributed by atoms with Crippen LogP contribution in [0.4, 0.5) is 0 Å². The number of halogens is 2. The third-order valence-corrected chi connectivity index (χ3v) is 5.80. The van der Waals surface area contributed by atoms with Crippen LogP contribution in [0.1, 0.15) is 35.8 Å². The highest BCUT2D eigenvalue weighted by Crippen LogP contribution is 2.30. The maximum absolute atomic E-state index is 13.0. The van der Waals surface area contributed by atoms with Crippen molar-refractivity contribution in [2.75, 3.05) is 0 Å². The largest absolute Gasteiger partial charge is 0.352 e. The van der Waals surface area contributed by atoms with Crippen molar-refractivity contribution in [2.24, 2.45) is 5.92 Å². The standard InChI is InChI=1S/C17H18BrClN4O/c1-10(2)13(18)15-20-16-14(19)11(3)21-23(16)17(24)22(15)9-12-7-5-4-6-8-12/h4-8,10,13H,9H2,1-3H3. The van der Waals surface area contributed by atoms with Gasteiger partial charge in [-0.1, -0.05) is 71.7 Å². The van der Waals surface area contributed by atoms with Gasteiger partial charge in [0.15, 0.2) is 5.65 Å². The molecule has 0 spiro atoms. The Labute approximate surface area is 153 Å². The number of hydrogen-bond acceptors (Lipinski definition) is 3. The van der Waals surface area contributed by atoms with Crippen molar-refractivity contribution in [3.63, 3.8) is 0 Å². The summed E-state index contributed by atoms with van der Waals surface area (Å²) >= 11 is 9.94. The van der Waals surface area contributed by atoms with Crippen LogP contribution >= 0.6 is 27.5 Å². The topological polar surface area (TPSA) is 52.2 Å². The summed E-state index contributed by atoms with van der Waals surface area (Å²) in [6, 6.07) is 9.83. The fourth-order valence-electron chi connectivity index (χ4n) is 2.53. The average molecular weight is 410 g/mol. The van der Waals surface area contributed by atoms with Gasteiger partial charge in [-0.25, -0.2) is 9.78 Å². The van der Waals surface area contributed by atoms with E-state index in [0.29, 0.717) is 28.7 Å². The maximum Gasteiger partial charge on any atom is 0.352 e. The van der Waals surface area contributed by atoms with E-state index in [4.69, 9.17) is 11.6 Å². The first kappa shape index (κ1) is 17.2. The van der Waals surface area contributed by atoms with Gasteiger partial charge in [0.1, 0.15) is 10.8 Å². The quantitative estimate of drug-likeness (QED) is 0.612. The molecule has 0 radical (unpaired) electrons. The molecule has 2 aromatic heterocycles. The minimum absolute atomic E-state index is 0.0646. The summed E-state index contributed by atoms with van der Waals surface area (Å²) < 4.78 is 2.94. The molecule has 3 aromatic rings. The molecular formula is C17H18BrClN4O. The zero-order valence-corrected chi connectivity index (χ0v) is 16.0. The first-order chi connectivity index (χ1) is 11.4. The Hall–Kier alpha value is -1.66. The van der Waals surface area contributed by atoms with E-state index in [-0.39, 0.29) is 16.4 Å². The second kappa shape index (κ2) is 6.69. The van der Waals surface area contributed by atoms with Gasteiger partial charge in [-0.15, -0.1) is 0 Å². The number of hydrogen-bond donors (Lipinski definition) is 0. The lowest BCUT2D eigenvalue weighted by molar-refractivity contribution is 0.546. The molecule has 126 valence electrons. The molecule has 0 aliphatic heterocycles. The van der Waals surface area contributed by atoms with E-state index in [1.165, 1.54) is 4.52 Å². The van der Waals surface area contributed by atoms with Crippen LogP contribution in [0.15, 0.2) is 35.1 Å². The van der Waals surface area contributed by atoms with E-state index < -0.39 is 0 Å². The van der Waals surface area contributed by atoms with Crippen molar-refractivity contribution in [1.82, 2.24) is 19.2 Å². The molecule has 0 aliphatic carbocycles. The van der Waals surface area contributed by atoms with Crippen LogP contribution in [0.5, 0.6) is 0 Å². The molecule has 5 nitrogen and oxygen atoms in total. The summed E-state index contributed by atoms with van der Waals surface area (Å²) in [5, 5.41) is 4.65. The lowest BCUT2D eigenvalue weighted by Gasteiger charge is -2.19. The first-order valence-electron chi connectivity index (χ1n) is 7.73. The smallest absolute Gasteiger partial charge is 0.275 e. The number of fused-ring (bicyclic) bond motifs is 1. The van der Waals surface area contributed by atoms with Crippen LogP contribution in [0.3, 0.4) is 0 Å². The number of nitrogens with zero attached hydrogens (tertiary/aromatic N) is 4. The fourth-order valence-corrected chi connectivity index (χ4v) is 3.04. The number of aryl methyl sites for hydroxylation is 1. The van der Waals surface area contributed by atoms with Gasteiger partial charge in [-0.05, 0) is 18.4 Å². The van der Waals surface area contributed by atoms with E-state index in [1.54, 1.807) is 11.5 Å². The van der Waals surface area contributed by atoms with E-state index in [9.17, 15) is 4.79 Å². The summed E-state index contributed by atoms with van der Waals surface area (Å²) in [4.78, 5) is 17.6. The van der Waals surface area contributed by atoms with Crippen LogP contribution in [0.2, 0.25) is 5.02 Å². The minimum atomic E-state index is -0.237. The van der Waals surface area contributed by atoms with Gasteiger partial charge >= 0.3 is 5.69 Å². The van der Waals surface area contributed by atoms with E-state index in [1.807, 2.05) is 30.3 Å². The molecule has 0 N–H and O–H groups in total. The first-order valence-corrected chi connectivity index (χ1v) is 9.03. The molecule has 1 unspecified atom stereocenters. The minimum Gasteiger partial charge on any atom is -0.275 e. The molecule has 2 heterocycles. The molecule has 1 atom stereocenters. The second-order valence-corrected chi connectivity index (χ2v) is 7.47. The highest BCUT2D eigenvalue weighted by atomic mass is 79.9. The summed E-state index contributed by atoms with van der Waals surface area (Å²) in [5.41, 5.74) is 1.79. The van der Waals surface area contributed by atoms with Gasteiger partial charge in [0.25, 0.3) is 0 Å². The zero-order valence-electron chi connectivity index (χ0n) is 13.7. The molecule has 0 saturated heterocycles. The number of alkyl halides is 1. The van der Waals surface area contributed by atoms with E-state index in [2.05, 4.69) is 39.9 Å². The Morgan fingerprint density at radius 3 is 2.54 bits per heavy atom. The average Bonchev–Trinajstić information content (AvgIpc) is 2.85. The summed E-state index contributed by atoms with van der Waals surface area (Å²) in [6.07, 6.45) is 0. The molecule has 7 heteroatoms. The van der Waals surface area contributed by atoms with Gasteiger partial charge in [0, 0.05) is 0 Å². The van der Waals surface area contributed by atoms with Crippen molar-refractivity contribution in [3.8, 4) is 0 Å². The highest BCUT2D eigenvalue weighted by molar-refractivity contribution is 9.09. The Bertz CT molecular complexity index is 933. The lowest BCUT2D eigenvalue weighted by Crippen LogP contribution is -2.33. The van der Waals surface area contributed by atoms with Crippen molar-refractivity contribution in [3.05, 3.63) is 62.9 Å². The van der Waals surface area contributed by atoms with Gasteiger partial charge < -0.3 is 0 Å². The third kappa shape index (κ3) is 3.00. The molecule has 0 aliphatic rings. The van der Waals surface area contributed by atoms with Gasteiger partial charge in [-0.3, -0.25) is 4.57 Å². The summed E-state index contributed by atoms with van der Waals surface area (Å²) in [6.45, 7) is 6.35. The van der Waals surface area contributed by atoms with Crippen LogP contribution in [0, 0.1) is 12.8 Å². The van der Waals surface area contributed by atoms with Crippen LogP contribution in [0.25, 0.3) is 5.65 Å². The zero-order chi connectivity index (χ0) is 17.4. The molecule has 0 fully saturated rings. The normalized spacial score (nSPS) is 12.9. The summed E-state index contributed by atoms with van der Waals surface area (Å²) in [5.74, 6) is 0.928. The maximum atomic E-state index is 13.0. The van der Waals surface area contributed by atoms with Gasteiger partial charge in [0.05, 0.1) is 17.1 Å². The van der Waals surface area contributed by atoms with E-state index in [0.717, 1.165) is 5.56 Å². The second-order valence-electron chi connectivity index (χ2n) is 6.10. The van der Waals surface area contributed by atoms with Gasteiger partial charge in [0.2, 0.25) is 0 Å². The Kier molecular flexibility index (Phi) is 4.78. The fraction of sp³-hybridized carbons (Fsp3) is 0.353. The highest BCUT2D eigenvalue weighted by Gasteiger charge is 2.23. The van der Waals surface area contributed by atoms with Crippen molar-refractivity contribution in [1.29, 1.82) is 0 Å². The number of rotatable bonds is 4. The van der Waals surface area contributed by atoms with Gasteiger partial charge in [-0.2, -0.15) is 9.61 Å². The Morgan fingerprint density at radius 1 is 1.25 bits per heavy atom. The molecular weight excluding hydrogens is 392 g/mol. The monoisotopic (exact) mass is 408 g/mol. The molecule has 0 amide bonds. The third-order valence-electron chi connectivity index (χ3n) is 3.89. The molecule has 1 aromatic carbocycles. The molecule has 0 bridgehead atoms.